The minimum atomic E-state index is 0.168. The van der Waals surface area contributed by atoms with Crippen molar-refractivity contribution >= 4 is 28.4 Å². The van der Waals surface area contributed by atoms with Crippen molar-refractivity contribution in [3.63, 3.8) is 0 Å². The van der Waals surface area contributed by atoms with Crippen LogP contribution in [-0.4, -0.2) is 34.3 Å². The number of hydrogen-bond donors (Lipinski definition) is 3. The Morgan fingerprint density at radius 2 is 2.08 bits per heavy atom. The Balaban J connectivity index is 1.65. The van der Waals surface area contributed by atoms with Gasteiger partial charge in [-0.25, -0.2) is 4.98 Å². The number of phenols is 1. The number of aryl methyl sites for hydroxylation is 1. The van der Waals surface area contributed by atoms with Gasteiger partial charge in [-0.3, -0.25) is 0 Å². The van der Waals surface area contributed by atoms with Gasteiger partial charge in [0, 0.05) is 18.5 Å². The van der Waals surface area contributed by atoms with Crippen LogP contribution in [0.2, 0.25) is 0 Å². The maximum Gasteiger partial charge on any atom is 0.229 e. The molecular formula is C20H22N4O2. The fourth-order valence-electron chi connectivity index (χ4n) is 3.15. The van der Waals surface area contributed by atoms with Crippen LogP contribution in [0.4, 0.5) is 17.5 Å². The molecule has 3 N–H and O–H groups in total. The smallest absolute Gasteiger partial charge is 0.229 e. The summed E-state index contributed by atoms with van der Waals surface area (Å²) < 4.78 is 5.69. The van der Waals surface area contributed by atoms with Crippen LogP contribution < -0.4 is 10.6 Å². The van der Waals surface area contributed by atoms with Gasteiger partial charge in [0.1, 0.15) is 11.6 Å². The first-order valence-corrected chi connectivity index (χ1v) is 8.88. The van der Waals surface area contributed by atoms with Crippen LogP contribution in [0, 0.1) is 6.92 Å². The summed E-state index contributed by atoms with van der Waals surface area (Å²) in [5, 5.41) is 17.6. The van der Waals surface area contributed by atoms with E-state index in [1.807, 2.05) is 43.3 Å². The van der Waals surface area contributed by atoms with Gasteiger partial charge in [0.05, 0.1) is 17.3 Å². The van der Waals surface area contributed by atoms with Crippen molar-refractivity contribution in [2.45, 2.75) is 25.9 Å². The molecule has 2 aromatic carbocycles. The third-order valence-corrected chi connectivity index (χ3v) is 4.52. The first-order chi connectivity index (χ1) is 12.7. The van der Waals surface area contributed by atoms with Gasteiger partial charge in [0.25, 0.3) is 0 Å². The third kappa shape index (κ3) is 3.55. The summed E-state index contributed by atoms with van der Waals surface area (Å²) >= 11 is 0. The van der Waals surface area contributed by atoms with Crippen LogP contribution >= 0.6 is 0 Å². The van der Waals surface area contributed by atoms with Gasteiger partial charge >= 0.3 is 0 Å². The monoisotopic (exact) mass is 350 g/mol. The summed E-state index contributed by atoms with van der Waals surface area (Å²) in [6.07, 6.45) is 2.40. The minimum absolute atomic E-state index is 0.168. The van der Waals surface area contributed by atoms with Gasteiger partial charge in [-0.05, 0) is 49.6 Å². The number of benzene rings is 2. The van der Waals surface area contributed by atoms with E-state index in [-0.39, 0.29) is 11.9 Å². The number of anilines is 3. The summed E-state index contributed by atoms with van der Waals surface area (Å²) in [5.74, 6) is 1.38. The van der Waals surface area contributed by atoms with Gasteiger partial charge in [-0.1, -0.05) is 18.2 Å². The Hall–Kier alpha value is -2.86. The second-order valence-corrected chi connectivity index (χ2v) is 6.57. The molecule has 1 aliphatic heterocycles. The van der Waals surface area contributed by atoms with Crippen LogP contribution in [-0.2, 0) is 4.74 Å². The van der Waals surface area contributed by atoms with E-state index in [1.165, 1.54) is 0 Å². The zero-order valence-electron chi connectivity index (χ0n) is 14.7. The Morgan fingerprint density at radius 1 is 1.19 bits per heavy atom. The van der Waals surface area contributed by atoms with E-state index in [1.54, 1.807) is 6.07 Å². The number of aromatic hydroxyl groups is 1. The molecule has 1 atom stereocenters. The quantitative estimate of drug-likeness (QED) is 0.604. The number of nitrogens with one attached hydrogen (secondary N) is 2. The lowest BCUT2D eigenvalue weighted by molar-refractivity contribution is 0.120. The maximum absolute atomic E-state index is 10.1. The second kappa shape index (κ2) is 7.17. The van der Waals surface area contributed by atoms with Gasteiger partial charge in [0.2, 0.25) is 5.95 Å². The number of para-hydroxylation sites is 1. The molecule has 1 unspecified atom stereocenters. The van der Waals surface area contributed by atoms with E-state index in [0.717, 1.165) is 48.3 Å². The Morgan fingerprint density at radius 3 is 2.92 bits per heavy atom. The van der Waals surface area contributed by atoms with Crippen LogP contribution in [0.1, 0.15) is 18.4 Å². The number of rotatable bonds is 5. The average molecular weight is 350 g/mol. The lowest BCUT2D eigenvalue weighted by Crippen LogP contribution is -2.19. The molecule has 1 saturated heterocycles. The Bertz CT molecular complexity index is 923. The number of ether oxygens (including phenoxy) is 1. The molecule has 26 heavy (non-hydrogen) atoms. The summed E-state index contributed by atoms with van der Waals surface area (Å²) in [5.41, 5.74) is 2.47. The standard InChI is InChI=1S/C20H22N4O2/c1-13-8-9-18(25)17(11-13)23-20-22-16-7-3-2-6-15(16)19(24-20)21-12-14-5-4-10-26-14/h2-3,6-9,11,14,25H,4-5,10,12H2,1H3,(H2,21,22,23,24). The maximum atomic E-state index is 10.1. The molecule has 0 amide bonds. The van der Waals surface area contributed by atoms with Crippen molar-refractivity contribution in [1.82, 2.24) is 9.97 Å². The molecular weight excluding hydrogens is 328 g/mol. The summed E-state index contributed by atoms with van der Waals surface area (Å²) in [4.78, 5) is 9.21. The van der Waals surface area contributed by atoms with Gasteiger partial charge in [-0.15, -0.1) is 0 Å². The van der Waals surface area contributed by atoms with E-state index >= 15 is 0 Å². The molecule has 0 saturated carbocycles. The molecule has 134 valence electrons. The zero-order valence-corrected chi connectivity index (χ0v) is 14.7. The zero-order chi connectivity index (χ0) is 17.9. The van der Waals surface area contributed by atoms with Crippen molar-refractivity contribution in [2.24, 2.45) is 0 Å². The van der Waals surface area contributed by atoms with Crippen molar-refractivity contribution in [1.29, 1.82) is 0 Å². The second-order valence-electron chi connectivity index (χ2n) is 6.57. The predicted octanol–water partition coefficient (Wildman–Crippen LogP) is 3.98. The molecule has 0 aliphatic carbocycles. The molecule has 0 spiro atoms. The highest BCUT2D eigenvalue weighted by atomic mass is 16.5. The summed E-state index contributed by atoms with van der Waals surface area (Å²) in [6, 6.07) is 13.3. The highest BCUT2D eigenvalue weighted by Crippen LogP contribution is 2.29. The largest absolute Gasteiger partial charge is 0.506 e. The molecule has 1 fully saturated rings. The van der Waals surface area contributed by atoms with E-state index in [0.29, 0.717) is 11.6 Å². The molecule has 3 aromatic rings. The molecule has 0 radical (unpaired) electrons. The lowest BCUT2D eigenvalue weighted by atomic mass is 10.2. The lowest BCUT2D eigenvalue weighted by Gasteiger charge is -2.15. The minimum Gasteiger partial charge on any atom is -0.506 e. The third-order valence-electron chi connectivity index (χ3n) is 4.52. The van der Waals surface area contributed by atoms with Crippen LogP contribution in [0.25, 0.3) is 10.9 Å². The number of phenolic OH excluding ortho intramolecular Hbond substituents is 1. The predicted molar refractivity (Wildman–Crippen MR) is 103 cm³/mol. The molecule has 1 aliphatic rings. The number of hydrogen-bond acceptors (Lipinski definition) is 6. The fourth-order valence-corrected chi connectivity index (χ4v) is 3.15. The van der Waals surface area contributed by atoms with Crippen LogP contribution in [0.3, 0.4) is 0 Å². The van der Waals surface area contributed by atoms with Crippen molar-refractivity contribution in [3.05, 3.63) is 48.0 Å². The molecule has 1 aromatic heterocycles. The molecule has 6 heteroatoms. The first kappa shape index (κ1) is 16.6. The molecule has 2 heterocycles. The van der Waals surface area contributed by atoms with Gasteiger partial charge < -0.3 is 20.5 Å². The van der Waals surface area contributed by atoms with Crippen LogP contribution in [0.15, 0.2) is 42.5 Å². The SMILES string of the molecule is Cc1ccc(O)c(Nc2nc(NCC3CCCO3)c3ccccc3n2)c1. The van der Waals surface area contributed by atoms with Crippen LogP contribution in [0.5, 0.6) is 5.75 Å². The van der Waals surface area contributed by atoms with Crippen molar-refractivity contribution in [3.8, 4) is 5.75 Å². The Kier molecular flexibility index (Phi) is 4.58. The molecule has 6 nitrogen and oxygen atoms in total. The van der Waals surface area contributed by atoms with Gasteiger partial charge in [0.15, 0.2) is 0 Å². The van der Waals surface area contributed by atoms with E-state index < -0.39 is 0 Å². The number of fused-ring (bicyclic) bond motifs is 1. The normalized spacial score (nSPS) is 16.7. The highest BCUT2D eigenvalue weighted by molar-refractivity contribution is 5.90. The van der Waals surface area contributed by atoms with E-state index in [4.69, 9.17) is 4.74 Å². The van der Waals surface area contributed by atoms with E-state index in [2.05, 4.69) is 20.6 Å². The highest BCUT2D eigenvalue weighted by Gasteiger charge is 2.16. The summed E-state index contributed by atoms with van der Waals surface area (Å²) in [7, 11) is 0. The van der Waals surface area contributed by atoms with Crippen molar-refractivity contribution < 1.29 is 9.84 Å². The Labute approximate surface area is 152 Å². The van der Waals surface area contributed by atoms with Gasteiger partial charge in [-0.2, -0.15) is 4.98 Å². The topological polar surface area (TPSA) is 79.3 Å². The average Bonchev–Trinajstić information content (AvgIpc) is 3.16. The molecule has 4 rings (SSSR count). The number of nitrogens with zero attached hydrogens (tertiary/aromatic N) is 2. The summed E-state index contributed by atoms with van der Waals surface area (Å²) in [6.45, 7) is 3.52. The molecule has 0 bridgehead atoms. The fraction of sp³-hybridized carbons (Fsp3) is 0.300. The van der Waals surface area contributed by atoms with Crippen molar-refractivity contribution in [2.75, 3.05) is 23.8 Å². The first-order valence-electron chi connectivity index (χ1n) is 8.88. The van der Waals surface area contributed by atoms with E-state index in [9.17, 15) is 5.11 Å². The number of aromatic nitrogens is 2.